The van der Waals surface area contributed by atoms with Crippen LogP contribution in [-0.2, 0) is 0 Å². The van der Waals surface area contributed by atoms with E-state index >= 15 is 0 Å². The molecule has 0 aliphatic carbocycles. The second-order valence-electron chi connectivity index (χ2n) is 4.61. The molecule has 0 radical (unpaired) electrons. The van der Waals surface area contributed by atoms with Crippen LogP contribution < -0.4 is 4.74 Å². The monoisotopic (exact) mass is 348 g/mol. The van der Waals surface area contributed by atoms with Crippen LogP contribution in [0.2, 0.25) is 5.02 Å². The number of ketones is 1. The Hall–Kier alpha value is -1.58. The van der Waals surface area contributed by atoms with Crippen LogP contribution in [0.15, 0.2) is 46.6 Å². The number of Topliss-reactive ketones (excluding diaryl/α,β-unsaturated/α-hetero) is 1. The lowest BCUT2D eigenvalue weighted by Gasteiger charge is -2.02. The van der Waals surface area contributed by atoms with E-state index in [9.17, 15) is 4.79 Å². The molecule has 0 spiro atoms. The SMILES string of the molecule is Cc1cc(Br)c2c(c1)C(=O)/C(=C\c1ccc(Cl)cc1)O2. The van der Waals surface area contributed by atoms with Crippen molar-refractivity contribution in [3.05, 3.63) is 68.3 Å². The molecule has 1 aliphatic heterocycles. The van der Waals surface area contributed by atoms with Crippen LogP contribution in [0.5, 0.6) is 5.75 Å². The molecule has 0 aromatic heterocycles. The molecule has 0 bridgehead atoms. The lowest BCUT2D eigenvalue weighted by atomic mass is 10.1. The molecule has 0 saturated carbocycles. The van der Waals surface area contributed by atoms with Crippen LogP contribution in [0.25, 0.3) is 6.08 Å². The highest BCUT2D eigenvalue weighted by atomic mass is 79.9. The summed E-state index contributed by atoms with van der Waals surface area (Å²) in [4.78, 5) is 12.3. The van der Waals surface area contributed by atoms with E-state index in [2.05, 4.69) is 15.9 Å². The summed E-state index contributed by atoms with van der Waals surface area (Å²) in [5.74, 6) is 0.814. The highest BCUT2D eigenvalue weighted by Gasteiger charge is 2.29. The molecule has 2 nitrogen and oxygen atoms in total. The summed E-state index contributed by atoms with van der Waals surface area (Å²) in [7, 11) is 0. The second kappa shape index (κ2) is 5.08. The first-order valence-corrected chi connectivity index (χ1v) is 7.21. The van der Waals surface area contributed by atoms with Gasteiger partial charge in [0.15, 0.2) is 11.5 Å². The third-order valence-corrected chi connectivity index (χ3v) is 3.88. The molecule has 2 aromatic rings. The third-order valence-electron chi connectivity index (χ3n) is 3.04. The van der Waals surface area contributed by atoms with Crippen molar-refractivity contribution in [2.75, 3.05) is 0 Å². The molecule has 20 heavy (non-hydrogen) atoms. The zero-order valence-electron chi connectivity index (χ0n) is 10.6. The Balaban J connectivity index is 2.01. The van der Waals surface area contributed by atoms with E-state index in [1.54, 1.807) is 18.2 Å². The first-order chi connectivity index (χ1) is 9.54. The van der Waals surface area contributed by atoms with Gasteiger partial charge < -0.3 is 4.74 Å². The van der Waals surface area contributed by atoms with Gasteiger partial charge in [-0.2, -0.15) is 0 Å². The number of benzene rings is 2. The topological polar surface area (TPSA) is 26.3 Å². The van der Waals surface area contributed by atoms with Crippen molar-refractivity contribution in [1.82, 2.24) is 0 Å². The third kappa shape index (κ3) is 2.39. The molecular weight excluding hydrogens is 340 g/mol. The van der Waals surface area contributed by atoms with Crippen molar-refractivity contribution < 1.29 is 9.53 Å². The molecule has 1 aliphatic rings. The van der Waals surface area contributed by atoms with Gasteiger partial charge in [0.05, 0.1) is 10.0 Å². The van der Waals surface area contributed by atoms with Crippen LogP contribution in [0, 0.1) is 6.92 Å². The molecule has 4 heteroatoms. The van der Waals surface area contributed by atoms with Crippen LogP contribution in [-0.4, -0.2) is 5.78 Å². The van der Waals surface area contributed by atoms with Crippen LogP contribution >= 0.6 is 27.5 Å². The van der Waals surface area contributed by atoms with Crippen molar-refractivity contribution in [2.24, 2.45) is 0 Å². The molecule has 0 fully saturated rings. The molecule has 100 valence electrons. The minimum absolute atomic E-state index is 0.0978. The molecule has 0 amide bonds. The Morgan fingerprint density at radius 3 is 2.60 bits per heavy atom. The zero-order valence-corrected chi connectivity index (χ0v) is 13.0. The fourth-order valence-electron chi connectivity index (χ4n) is 2.10. The number of ether oxygens (including phenoxy) is 1. The molecule has 1 heterocycles. The van der Waals surface area contributed by atoms with Crippen LogP contribution in [0.3, 0.4) is 0 Å². The van der Waals surface area contributed by atoms with E-state index in [-0.39, 0.29) is 5.78 Å². The van der Waals surface area contributed by atoms with Gasteiger partial charge in [-0.25, -0.2) is 0 Å². The van der Waals surface area contributed by atoms with Gasteiger partial charge in [-0.3, -0.25) is 4.79 Å². The van der Waals surface area contributed by atoms with Crippen LogP contribution in [0.4, 0.5) is 0 Å². The zero-order chi connectivity index (χ0) is 14.3. The van der Waals surface area contributed by atoms with Crippen molar-refractivity contribution in [3.8, 4) is 5.75 Å². The number of hydrogen-bond acceptors (Lipinski definition) is 2. The number of hydrogen-bond donors (Lipinski definition) is 0. The minimum Gasteiger partial charge on any atom is -0.451 e. The summed E-state index contributed by atoms with van der Waals surface area (Å²) in [6.07, 6.45) is 1.72. The quantitative estimate of drug-likeness (QED) is 0.675. The van der Waals surface area contributed by atoms with Gasteiger partial charge in [-0.05, 0) is 64.3 Å². The largest absolute Gasteiger partial charge is 0.451 e. The maximum absolute atomic E-state index is 12.3. The first kappa shape index (κ1) is 13.4. The Labute approximate surface area is 130 Å². The Morgan fingerprint density at radius 1 is 1.20 bits per heavy atom. The molecular formula is C16H10BrClO2. The van der Waals surface area contributed by atoms with E-state index in [0.29, 0.717) is 22.1 Å². The van der Waals surface area contributed by atoms with E-state index < -0.39 is 0 Å². The summed E-state index contributed by atoms with van der Waals surface area (Å²) < 4.78 is 6.46. The average molecular weight is 350 g/mol. The highest BCUT2D eigenvalue weighted by molar-refractivity contribution is 9.10. The first-order valence-electron chi connectivity index (χ1n) is 6.04. The summed E-state index contributed by atoms with van der Waals surface area (Å²) in [5.41, 5.74) is 2.48. The van der Waals surface area contributed by atoms with Gasteiger partial charge in [0.2, 0.25) is 5.78 Å². The Morgan fingerprint density at radius 2 is 1.90 bits per heavy atom. The lowest BCUT2D eigenvalue weighted by Crippen LogP contribution is -1.98. The molecule has 0 N–H and O–H groups in total. The molecule has 0 unspecified atom stereocenters. The van der Waals surface area contributed by atoms with E-state index in [1.807, 2.05) is 31.2 Å². The predicted octanol–water partition coefficient (Wildman–Crippen LogP) is 5.03. The number of allylic oxidation sites excluding steroid dienone is 1. The second-order valence-corrected chi connectivity index (χ2v) is 5.91. The molecule has 0 atom stereocenters. The van der Waals surface area contributed by atoms with Crippen molar-refractivity contribution in [1.29, 1.82) is 0 Å². The summed E-state index contributed by atoms with van der Waals surface area (Å²) in [5, 5.41) is 0.660. The summed E-state index contributed by atoms with van der Waals surface area (Å²) in [6.45, 7) is 1.94. The van der Waals surface area contributed by atoms with E-state index in [4.69, 9.17) is 16.3 Å². The number of fused-ring (bicyclic) bond motifs is 1. The number of aryl methyl sites for hydroxylation is 1. The number of halogens is 2. The maximum atomic E-state index is 12.3. The maximum Gasteiger partial charge on any atom is 0.232 e. The summed E-state index contributed by atoms with van der Waals surface area (Å²) in [6, 6.07) is 11.0. The molecule has 3 rings (SSSR count). The van der Waals surface area contributed by atoms with Gasteiger partial charge in [0.1, 0.15) is 0 Å². The fraction of sp³-hybridized carbons (Fsp3) is 0.0625. The van der Waals surface area contributed by atoms with E-state index in [0.717, 1.165) is 15.6 Å². The number of carbonyl (C=O) groups excluding carboxylic acids is 1. The van der Waals surface area contributed by atoms with Crippen molar-refractivity contribution in [2.45, 2.75) is 6.92 Å². The van der Waals surface area contributed by atoms with Crippen LogP contribution in [0.1, 0.15) is 21.5 Å². The number of carbonyl (C=O) groups is 1. The van der Waals surface area contributed by atoms with Crippen molar-refractivity contribution >= 4 is 39.4 Å². The average Bonchev–Trinajstić information content (AvgIpc) is 2.71. The van der Waals surface area contributed by atoms with E-state index in [1.165, 1.54) is 0 Å². The normalized spacial score (nSPS) is 15.3. The standard InChI is InChI=1S/C16H10BrClO2/c1-9-6-12-15(19)14(20-16(12)13(17)7-9)8-10-2-4-11(18)5-3-10/h2-8H,1H3/b14-8+. The van der Waals surface area contributed by atoms with Gasteiger partial charge >= 0.3 is 0 Å². The summed E-state index contributed by atoms with van der Waals surface area (Å²) >= 11 is 9.27. The Kier molecular flexibility index (Phi) is 3.40. The fourth-order valence-corrected chi connectivity index (χ4v) is 2.88. The highest BCUT2D eigenvalue weighted by Crippen LogP contribution is 2.39. The number of rotatable bonds is 1. The molecule has 2 aromatic carbocycles. The Bertz CT molecular complexity index is 733. The molecule has 0 saturated heterocycles. The van der Waals surface area contributed by atoms with Gasteiger partial charge in [0, 0.05) is 5.02 Å². The van der Waals surface area contributed by atoms with Gasteiger partial charge in [0.25, 0.3) is 0 Å². The minimum atomic E-state index is -0.0978. The smallest absolute Gasteiger partial charge is 0.232 e. The van der Waals surface area contributed by atoms with Gasteiger partial charge in [-0.1, -0.05) is 23.7 Å². The predicted molar refractivity (Wildman–Crippen MR) is 83.3 cm³/mol. The van der Waals surface area contributed by atoms with Gasteiger partial charge in [-0.15, -0.1) is 0 Å². The van der Waals surface area contributed by atoms with Crippen molar-refractivity contribution in [3.63, 3.8) is 0 Å². The lowest BCUT2D eigenvalue weighted by molar-refractivity contribution is 0.101.